The van der Waals surface area contributed by atoms with Crippen molar-refractivity contribution in [1.29, 1.82) is 0 Å². The number of amides is 3. The molecule has 1 aromatic carbocycles. The monoisotopic (exact) mass is 372 g/mol. The number of thiazole rings is 1. The zero-order chi connectivity index (χ0) is 18.7. The fourth-order valence-corrected chi connectivity index (χ4v) is 3.74. The number of nitrogens with one attached hydrogen (secondary N) is 1. The summed E-state index contributed by atoms with van der Waals surface area (Å²) < 4.78 is 0. The highest BCUT2D eigenvalue weighted by Gasteiger charge is 2.24. The molecule has 0 aliphatic carbocycles. The van der Waals surface area contributed by atoms with E-state index in [1.807, 2.05) is 36.3 Å². The Balaban J connectivity index is 1.75. The van der Waals surface area contributed by atoms with Gasteiger partial charge in [0.1, 0.15) is 0 Å². The van der Waals surface area contributed by atoms with E-state index < -0.39 is 0 Å². The van der Waals surface area contributed by atoms with Crippen LogP contribution in [0.5, 0.6) is 0 Å². The predicted molar refractivity (Wildman–Crippen MR) is 104 cm³/mol. The van der Waals surface area contributed by atoms with E-state index in [9.17, 15) is 9.59 Å². The van der Waals surface area contributed by atoms with Crippen LogP contribution in [-0.4, -0.2) is 46.9 Å². The normalized spacial score (nSPS) is 13.7. The van der Waals surface area contributed by atoms with Gasteiger partial charge in [-0.1, -0.05) is 12.1 Å². The summed E-state index contributed by atoms with van der Waals surface area (Å²) in [6, 6.07) is 5.29. The lowest BCUT2D eigenvalue weighted by molar-refractivity contribution is 0.0793. The number of rotatable bonds is 4. The Kier molecular flexibility index (Phi) is 5.56. The van der Waals surface area contributed by atoms with Crippen LogP contribution in [0.25, 0.3) is 0 Å². The molecule has 0 saturated carbocycles. The fraction of sp³-hybridized carbons (Fsp3) is 0.421. The summed E-state index contributed by atoms with van der Waals surface area (Å²) in [5.41, 5.74) is 2.88. The molecule has 0 bridgehead atoms. The molecule has 0 atom stereocenters. The van der Waals surface area contributed by atoms with Crippen LogP contribution in [0.15, 0.2) is 23.6 Å². The SMILES string of the molecule is Cc1nc(CN(C)C(=O)Nc2cccc(C)c2C(=O)N2CCCC2)cs1. The van der Waals surface area contributed by atoms with E-state index in [1.54, 1.807) is 29.4 Å². The maximum atomic E-state index is 12.9. The number of hydrogen-bond donors (Lipinski definition) is 1. The van der Waals surface area contributed by atoms with Crippen molar-refractivity contribution in [2.75, 3.05) is 25.5 Å². The molecule has 7 heteroatoms. The highest BCUT2D eigenvalue weighted by atomic mass is 32.1. The summed E-state index contributed by atoms with van der Waals surface area (Å²) in [4.78, 5) is 33.3. The van der Waals surface area contributed by atoms with Gasteiger partial charge >= 0.3 is 6.03 Å². The maximum Gasteiger partial charge on any atom is 0.321 e. The Hall–Kier alpha value is -2.41. The van der Waals surface area contributed by atoms with Crippen molar-refractivity contribution in [3.8, 4) is 0 Å². The third kappa shape index (κ3) is 4.04. The molecule has 1 saturated heterocycles. The summed E-state index contributed by atoms with van der Waals surface area (Å²) in [6.45, 7) is 5.84. The van der Waals surface area contributed by atoms with Gasteiger partial charge in [-0.05, 0) is 38.3 Å². The number of urea groups is 1. The number of hydrogen-bond acceptors (Lipinski definition) is 4. The summed E-state index contributed by atoms with van der Waals surface area (Å²) in [5.74, 6) is -0.00585. The Morgan fingerprint density at radius 3 is 2.65 bits per heavy atom. The van der Waals surface area contributed by atoms with E-state index in [2.05, 4.69) is 10.3 Å². The van der Waals surface area contributed by atoms with Gasteiger partial charge in [-0.15, -0.1) is 11.3 Å². The lowest BCUT2D eigenvalue weighted by Crippen LogP contribution is -2.33. The van der Waals surface area contributed by atoms with Gasteiger partial charge in [-0.25, -0.2) is 9.78 Å². The summed E-state index contributed by atoms with van der Waals surface area (Å²) in [7, 11) is 1.72. The van der Waals surface area contributed by atoms with Gasteiger partial charge in [0.2, 0.25) is 0 Å². The number of likely N-dealkylation sites (tertiary alicyclic amines) is 1. The van der Waals surface area contributed by atoms with Crippen LogP contribution in [0.3, 0.4) is 0 Å². The molecule has 2 aromatic rings. The Labute approximate surface area is 157 Å². The van der Waals surface area contributed by atoms with Crippen molar-refractivity contribution in [2.45, 2.75) is 33.2 Å². The van der Waals surface area contributed by atoms with Crippen molar-refractivity contribution in [3.63, 3.8) is 0 Å². The van der Waals surface area contributed by atoms with Crippen molar-refractivity contribution >= 4 is 29.0 Å². The number of carbonyl (C=O) groups excluding carboxylic acids is 2. The molecular formula is C19H24N4O2S. The minimum absolute atomic E-state index is 0.00585. The largest absolute Gasteiger partial charge is 0.339 e. The van der Waals surface area contributed by atoms with Crippen LogP contribution in [0.2, 0.25) is 0 Å². The van der Waals surface area contributed by atoms with Gasteiger partial charge in [-0.3, -0.25) is 4.79 Å². The smallest absolute Gasteiger partial charge is 0.321 e. The molecule has 6 nitrogen and oxygen atoms in total. The van der Waals surface area contributed by atoms with Crippen LogP contribution >= 0.6 is 11.3 Å². The first kappa shape index (κ1) is 18.4. The van der Waals surface area contributed by atoms with Crippen LogP contribution in [0, 0.1) is 13.8 Å². The van der Waals surface area contributed by atoms with E-state index in [4.69, 9.17) is 0 Å². The molecule has 26 heavy (non-hydrogen) atoms. The zero-order valence-electron chi connectivity index (χ0n) is 15.4. The predicted octanol–water partition coefficient (Wildman–Crippen LogP) is 3.66. The van der Waals surface area contributed by atoms with Crippen LogP contribution in [0.4, 0.5) is 10.5 Å². The molecule has 1 aromatic heterocycles. The quantitative estimate of drug-likeness (QED) is 0.891. The first-order chi connectivity index (χ1) is 12.5. The molecule has 1 aliphatic heterocycles. The molecule has 1 N–H and O–H groups in total. The number of anilines is 1. The topological polar surface area (TPSA) is 65.5 Å². The highest BCUT2D eigenvalue weighted by Crippen LogP contribution is 2.24. The molecule has 0 unspecified atom stereocenters. The molecular weight excluding hydrogens is 348 g/mol. The van der Waals surface area contributed by atoms with Crippen molar-refractivity contribution < 1.29 is 9.59 Å². The Morgan fingerprint density at radius 1 is 1.27 bits per heavy atom. The van der Waals surface area contributed by atoms with Gasteiger partial charge < -0.3 is 15.1 Å². The molecule has 3 amide bonds. The third-order valence-electron chi connectivity index (χ3n) is 4.53. The van der Waals surface area contributed by atoms with Gasteiger partial charge in [0.25, 0.3) is 5.91 Å². The molecule has 3 rings (SSSR count). The number of carbonyl (C=O) groups is 2. The van der Waals surface area contributed by atoms with Gasteiger partial charge in [0.15, 0.2) is 0 Å². The van der Waals surface area contributed by atoms with Crippen molar-refractivity contribution in [1.82, 2.24) is 14.8 Å². The highest BCUT2D eigenvalue weighted by molar-refractivity contribution is 7.09. The molecule has 2 heterocycles. The minimum atomic E-state index is -0.253. The van der Waals surface area contributed by atoms with Gasteiger partial charge in [-0.2, -0.15) is 0 Å². The second kappa shape index (κ2) is 7.86. The van der Waals surface area contributed by atoms with E-state index in [1.165, 1.54) is 0 Å². The van der Waals surface area contributed by atoms with Crippen LogP contribution in [-0.2, 0) is 6.54 Å². The first-order valence-electron chi connectivity index (χ1n) is 8.77. The molecule has 1 aliphatic rings. The Bertz CT molecular complexity index is 812. The van der Waals surface area contributed by atoms with Crippen LogP contribution < -0.4 is 5.32 Å². The second-order valence-corrected chi connectivity index (χ2v) is 7.70. The van der Waals surface area contributed by atoms with E-state index >= 15 is 0 Å². The van der Waals surface area contributed by atoms with Crippen LogP contribution in [0.1, 0.15) is 39.5 Å². The number of aromatic nitrogens is 1. The van der Waals surface area contributed by atoms with E-state index in [0.29, 0.717) is 17.8 Å². The number of nitrogens with zero attached hydrogens (tertiary/aromatic N) is 3. The first-order valence-corrected chi connectivity index (χ1v) is 9.65. The third-order valence-corrected chi connectivity index (χ3v) is 5.36. The molecule has 1 fully saturated rings. The lowest BCUT2D eigenvalue weighted by Gasteiger charge is -2.22. The van der Waals surface area contributed by atoms with Gasteiger partial charge in [0, 0.05) is 25.5 Å². The zero-order valence-corrected chi connectivity index (χ0v) is 16.2. The Morgan fingerprint density at radius 2 is 2.00 bits per heavy atom. The summed E-state index contributed by atoms with van der Waals surface area (Å²) >= 11 is 1.56. The fourth-order valence-electron chi connectivity index (χ4n) is 3.14. The van der Waals surface area contributed by atoms with Crippen molar-refractivity contribution in [2.24, 2.45) is 0 Å². The lowest BCUT2D eigenvalue weighted by atomic mass is 10.1. The maximum absolute atomic E-state index is 12.9. The molecule has 138 valence electrons. The number of aryl methyl sites for hydroxylation is 2. The van der Waals surface area contributed by atoms with E-state index in [-0.39, 0.29) is 11.9 Å². The minimum Gasteiger partial charge on any atom is -0.339 e. The molecule has 0 radical (unpaired) electrons. The second-order valence-electron chi connectivity index (χ2n) is 6.64. The summed E-state index contributed by atoms with van der Waals surface area (Å²) in [5, 5.41) is 5.83. The average Bonchev–Trinajstić information content (AvgIpc) is 3.26. The van der Waals surface area contributed by atoms with Gasteiger partial charge in [0.05, 0.1) is 28.5 Å². The average molecular weight is 372 g/mol. The standard InChI is InChI=1S/C19H24N4O2S/c1-13-7-6-8-16(17(13)18(24)23-9-4-5-10-23)21-19(25)22(3)11-15-12-26-14(2)20-15/h6-8,12H,4-5,9-11H2,1-3H3,(H,21,25). The van der Waals surface area contributed by atoms with E-state index in [0.717, 1.165) is 42.2 Å². The molecule has 0 spiro atoms. The number of benzene rings is 1. The van der Waals surface area contributed by atoms with Crippen molar-refractivity contribution in [3.05, 3.63) is 45.4 Å². The summed E-state index contributed by atoms with van der Waals surface area (Å²) in [6.07, 6.45) is 2.07.